The van der Waals surface area contributed by atoms with Gasteiger partial charge in [-0.2, -0.15) is 0 Å². The summed E-state index contributed by atoms with van der Waals surface area (Å²) in [7, 11) is -2.50. The largest absolute Gasteiger partial charge is 0.495 e. The molecule has 0 aliphatic rings. The van der Waals surface area contributed by atoms with Gasteiger partial charge in [0.2, 0.25) is 21.8 Å². The molecule has 0 saturated carbocycles. The van der Waals surface area contributed by atoms with Crippen LogP contribution in [0, 0.1) is 6.92 Å². The highest BCUT2D eigenvalue weighted by molar-refractivity contribution is 7.92. The van der Waals surface area contributed by atoms with Crippen LogP contribution in [0.1, 0.15) is 44.7 Å². The summed E-state index contributed by atoms with van der Waals surface area (Å²) in [6.07, 6.45) is 2.11. The zero-order chi connectivity index (χ0) is 27.0. The predicted molar refractivity (Wildman–Crippen MR) is 144 cm³/mol. The molecule has 1 N–H and O–H groups in total. The van der Waals surface area contributed by atoms with Crippen LogP contribution in [0.25, 0.3) is 0 Å². The van der Waals surface area contributed by atoms with Gasteiger partial charge in [0.25, 0.3) is 0 Å². The molecular weight excluding hydrogens is 502 g/mol. The maximum Gasteiger partial charge on any atom is 0.244 e. The van der Waals surface area contributed by atoms with E-state index in [1.165, 1.54) is 18.1 Å². The lowest BCUT2D eigenvalue weighted by atomic mass is 10.1. The Balaban J connectivity index is 2.50. The number of hydrogen-bond donors (Lipinski definition) is 1. The molecule has 198 valence electrons. The molecular formula is C26H36ClN3O5S. The number of anilines is 1. The summed E-state index contributed by atoms with van der Waals surface area (Å²) in [5.41, 5.74) is 2.04. The molecule has 0 heterocycles. The minimum Gasteiger partial charge on any atom is -0.495 e. The van der Waals surface area contributed by atoms with E-state index >= 15 is 0 Å². The number of hydrogen-bond acceptors (Lipinski definition) is 5. The number of halogens is 1. The number of benzene rings is 2. The van der Waals surface area contributed by atoms with E-state index in [1.54, 1.807) is 12.1 Å². The smallest absolute Gasteiger partial charge is 0.244 e. The molecule has 0 saturated heterocycles. The van der Waals surface area contributed by atoms with Gasteiger partial charge in [-0.25, -0.2) is 8.42 Å². The third kappa shape index (κ3) is 7.86. The van der Waals surface area contributed by atoms with Crippen LogP contribution in [-0.2, 0) is 26.2 Å². The van der Waals surface area contributed by atoms with Gasteiger partial charge in [-0.1, -0.05) is 55.3 Å². The van der Waals surface area contributed by atoms with Crippen LogP contribution in [0.15, 0.2) is 42.5 Å². The molecule has 36 heavy (non-hydrogen) atoms. The molecule has 0 bridgehead atoms. The molecule has 8 nitrogen and oxygen atoms in total. The summed E-state index contributed by atoms with van der Waals surface area (Å²) in [5.74, 6) is -0.544. The standard InChI is InChI=1S/C26H36ClN3O5S/c1-7-19(4)28-26(32)22(8-2)29(16-20-11-9-18(3)10-12-20)25(31)17-30(36(6,33)34)23-15-21(27)13-14-24(23)35-5/h9-15,19,22H,7-8,16-17H2,1-6H3,(H,28,32)/t19-,22+/m0/s1. The lowest BCUT2D eigenvalue weighted by Crippen LogP contribution is -2.53. The fraction of sp³-hybridized carbons (Fsp3) is 0.462. The van der Waals surface area contributed by atoms with Gasteiger partial charge in [0.1, 0.15) is 18.3 Å². The molecule has 0 aromatic heterocycles. The number of ether oxygens (including phenoxy) is 1. The topological polar surface area (TPSA) is 96.0 Å². The van der Waals surface area contributed by atoms with Gasteiger partial charge in [-0.15, -0.1) is 0 Å². The molecule has 0 radical (unpaired) electrons. The number of carbonyl (C=O) groups excluding carboxylic acids is 2. The Kier molecular flexibility index (Phi) is 10.6. The second-order valence-electron chi connectivity index (χ2n) is 8.83. The van der Waals surface area contributed by atoms with Gasteiger partial charge in [0, 0.05) is 17.6 Å². The Morgan fingerprint density at radius 2 is 1.72 bits per heavy atom. The fourth-order valence-corrected chi connectivity index (χ4v) is 4.71. The number of sulfonamides is 1. The maximum atomic E-state index is 13.8. The van der Waals surface area contributed by atoms with Crippen molar-refractivity contribution < 1.29 is 22.7 Å². The van der Waals surface area contributed by atoms with Crippen LogP contribution >= 0.6 is 11.6 Å². The van der Waals surface area contributed by atoms with E-state index in [9.17, 15) is 18.0 Å². The van der Waals surface area contributed by atoms with Crippen LogP contribution in [0.3, 0.4) is 0 Å². The Hall–Kier alpha value is -2.78. The molecule has 2 amide bonds. The number of nitrogens with one attached hydrogen (secondary N) is 1. The first kappa shape index (κ1) is 29.5. The number of nitrogens with zero attached hydrogens (tertiary/aromatic N) is 2. The van der Waals surface area contributed by atoms with Crippen molar-refractivity contribution in [3.63, 3.8) is 0 Å². The lowest BCUT2D eigenvalue weighted by molar-refractivity contribution is -0.140. The van der Waals surface area contributed by atoms with Gasteiger partial charge >= 0.3 is 0 Å². The van der Waals surface area contributed by atoms with Crippen LogP contribution in [-0.4, -0.2) is 57.1 Å². The van der Waals surface area contributed by atoms with Crippen molar-refractivity contribution in [3.05, 3.63) is 58.6 Å². The van der Waals surface area contributed by atoms with E-state index in [1.807, 2.05) is 52.0 Å². The summed E-state index contributed by atoms with van der Waals surface area (Å²) in [4.78, 5) is 28.4. The van der Waals surface area contributed by atoms with E-state index in [-0.39, 0.29) is 29.9 Å². The summed E-state index contributed by atoms with van der Waals surface area (Å²) in [6, 6.07) is 11.3. The van der Waals surface area contributed by atoms with Crippen molar-refractivity contribution in [2.75, 3.05) is 24.2 Å². The molecule has 0 unspecified atom stereocenters. The summed E-state index contributed by atoms with van der Waals surface area (Å²) >= 11 is 6.14. The van der Waals surface area contributed by atoms with E-state index in [0.717, 1.165) is 28.1 Å². The first-order chi connectivity index (χ1) is 16.9. The average molecular weight is 538 g/mol. The number of amides is 2. The monoisotopic (exact) mass is 537 g/mol. The molecule has 0 aliphatic carbocycles. The van der Waals surface area contributed by atoms with Crippen LogP contribution in [0.2, 0.25) is 5.02 Å². The van der Waals surface area contributed by atoms with Crippen LogP contribution in [0.4, 0.5) is 5.69 Å². The molecule has 2 aromatic rings. The fourth-order valence-electron chi connectivity index (χ4n) is 3.70. The minimum atomic E-state index is -3.90. The van der Waals surface area contributed by atoms with Crippen molar-refractivity contribution in [2.45, 2.75) is 59.2 Å². The van der Waals surface area contributed by atoms with E-state index in [4.69, 9.17) is 16.3 Å². The number of rotatable bonds is 12. The van der Waals surface area contributed by atoms with Crippen molar-refractivity contribution in [2.24, 2.45) is 0 Å². The number of carbonyl (C=O) groups is 2. The molecule has 10 heteroatoms. The molecule has 2 rings (SSSR count). The van der Waals surface area contributed by atoms with Crippen molar-refractivity contribution in [3.8, 4) is 5.75 Å². The third-order valence-corrected chi connectivity index (χ3v) is 7.31. The number of methoxy groups -OCH3 is 1. The Labute approximate surface area is 219 Å². The molecule has 2 aromatic carbocycles. The number of aryl methyl sites for hydroxylation is 1. The SMILES string of the molecule is CC[C@H](C(=O)N[C@@H](C)CC)N(Cc1ccc(C)cc1)C(=O)CN(c1cc(Cl)ccc1OC)S(C)(=O)=O. The summed E-state index contributed by atoms with van der Waals surface area (Å²) in [6.45, 7) is 7.27. The van der Waals surface area contributed by atoms with Gasteiger partial charge in [-0.3, -0.25) is 13.9 Å². The normalized spacial score (nSPS) is 13.0. The highest BCUT2D eigenvalue weighted by Crippen LogP contribution is 2.33. The zero-order valence-corrected chi connectivity index (χ0v) is 23.3. The average Bonchev–Trinajstić information content (AvgIpc) is 2.82. The maximum absolute atomic E-state index is 13.8. The van der Waals surface area contributed by atoms with Gasteiger partial charge in [0.15, 0.2) is 0 Å². The summed E-state index contributed by atoms with van der Waals surface area (Å²) in [5, 5.41) is 3.24. The summed E-state index contributed by atoms with van der Waals surface area (Å²) < 4.78 is 31.9. The van der Waals surface area contributed by atoms with Gasteiger partial charge < -0.3 is 15.0 Å². The molecule has 2 atom stereocenters. The van der Waals surface area contributed by atoms with Gasteiger partial charge in [0.05, 0.1) is 19.1 Å². The predicted octanol–water partition coefficient (Wildman–Crippen LogP) is 4.15. The molecule has 0 aliphatic heterocycles. The van der Waals surface area contributed by atoms with Crippen LogP contribution < -0.4 is 14.4 Å². The lowest BCUT2D eigenvalue weighted by Gasteiger charge is -2.33. The first-order valence-corrected chi connectivity index (χ1v) is 14.1. The Morgan fingerprint density at radius 3 is 2.25 bits per heavy atom. The van der Waals surface area contributed by atoms with Crippen molar-refractivity contribution >= 4 is 39.1 Å². The van der Waals surface area contributed by atoms with Crippen molar-refractivity contribution in [1.29, 1.82) is 0 Å². The second-order valence-corrected chi connectivity index (χ2v) is 11.2. The molecule has 0 fully saturated rings. The van der Waals surface area contributed by atoms with E-state index in [0.29, 0.717) is 11.4 Å². The second kappa shape index (κ2) is 13.0. The van der Waals surface area contributed by atoms with Gasteiger partial charge in [-0.05, 0) is 50.5 Å². The Morgan fingerprint density at radius 1 is 1.08 bits per heavy atom. The van der Waals surface area contributed by atoms with E-state index < -0.39 is 28.5 Å². The van der Waals surface area contributed by atoms with Crippen LogP contribution in [0.5, 0.6) is 5.75 Å². The molecule has 0 spiro atoms. The highest BCUT2D eigenvalue weighted by atomic mass is 35.5. The quantitative estimate of drug-likeness (QED) is 0.439. The highest BCUT2D eigenvalue weighted by Gasteiger charge is 2.33. The van der Waals surface area contributed by atoms with E-state index in [2.05, 4.69) is 5.32 Å². The first-order valence-electron chi connectivity index (χ1n) is 11.9. The minimum absolute atomic E-state index is 0.0638. The zero-order valence-electron chi connectivity index (χ0n) is 21.7. The Bertz CT molecular complexity index is 1150. The third-order valence-electron chi connectivity index (χ3n) is 5.95. The van der Waals surface area contributed by atoms with Crippen molar-refractivity contribution in [1.82, 2.24) is 10.2 Å².